The van der Waals surface area contributed by atoms with Gasteiger partial charge in [-0.15, -0.1) is 0 Å². The smallest absolute Gasteiger partial charge is 0.0205 e. The van der Waals surface area contributed by atoms with Crippen molar-refractivity contribution in [3.8, 4) is 0 Å². The van der Waals surface area contributed by atoms with Crippen LogP contribution in [0.2, 0.25) is 0 Å². The van der Waals surface area contributed by atoms with Crippen LogP contribution in [0.5, 0.6) is 0 Å². The molecule has 0 radical (unpaired) electrons. The summed E-state index contributed by atoms with van der Waals surface area (Å²) in [6.07, 6.45) is 6.67. The van der Waals surface area contributed by atoms with Crippen LogP contribution in [0.25, 0.3) is 0 Å². The van der Waals surface area contributed by atoms with Gasteiger partial charge in [-0.1, -0.05) is 73.4 Å². The molecule has 0 spiro atoms. The van der Waals surface area contributed by atoms with E-state index in [4.69, 9.17) is 0 Å². The van der Waals surface area contributed by atoms with Crippen molar-refractivity contribution in [2.75, 3.05) is 0 Å². The predicted molar refractivity (Wildman–Crippen MR) is 86.2 cm³/mol. The van der Waals surface area contributed by atoms with E-state index in [1.54, 1.807) is 5.56 Å². The molecule has 0 nitrogen and oxygen atoms in total. The second kappa shape index (κ2) is 5.44. The van der Waals surface area contributed by atoms with Gasteiger partial charge in [0.05, 0.1) is 0 Å². The molecule has 1 saturated carbocycles. The summed E-state index contributed by atoms with van der Waals surface area (Å²) in [4.78, 5) is 0. The van der Waals surface area contributed by atoms with E-state index in [-0.39, 0.29) is 5.41 Å². The molecule has 0 saturated heterocycles. The molecule has 1 aliphatic rings. The van der Waals surface area contributed by atoms with Gasteiger partial charge in [-0.2, -0.15) is 0 Å². The molecule has 0 atom stereocenters. The molecule has 0 N–H and O–H groups in total. The van der Waals surface area contributed by atoms with Gasteiger partial charge >= 0.3 is 0 Å². The molecule has 0 heteroatoms. The summed E-state index contributed by atoms with van der Waals surface area (Å²) in [6.45, 7) is 4.47. The van der Waals surface area contributed by atoms with E-state index < -0.39 is 0 Å². The molecule has 1 fully saturated rings. The van der Waals surface area contributed by atoms with Gasteiger partial charge in [-0.05, 0) is 43.4 Å². The van der Waals surface area contributed by atoms with E-state index >= 15 is 0 Å². The van der Waals surface area contributed by atoms with Crippen LogP contribution < -0.4 is 0 Å². The summed E-state index contributed by atoms with van der Waals surface area (Å²) < 4.78 is 0. The molecule has 20 heavy (non-hydrogen) atoms. The van der Waals surface area contributed by atoms with E-state index in [1.807, 2.05) is 0 Å². The summed E-state index contributed by atoms with van der Waals surface area (Å²) in [7, 11) is 0. The van der Waals surface area contributed by atoms with Gasteiger partial charge in [0.25, 0.3) is 0 Å². The molecule has 2 aromatic rings. The zero-order chi connectivity index (χ0) is 14.0. The minimum absolute atomic E-state index is 0.246. The highest BCUT2D eigenvalue weighted by molar-refractivity contribution is 5.44. The molecular weight excluding hydrogens is 240 g/mol. The third-order valence-electron chi connectivity index (χ3n) is 4.94. The molecule has 3 rings (SSSR count). The first-order valence-electron chi connectivity index (χ1n) is 7.86. The highest BCUT2D eigenvalue weighted by atomic mass is 14.4. The number of benzene rings is 2. The molecule has 1 aliphatic carbocycles. The minimum atomic E-state index is 0.246. The SMILES string of the molecule is Cc1cccc(C2(c3ccccc3C)CCCCC2)c1. The molecule has 0 heterocycles. The van der Waals surface area contributed by atoms with E-state index in [9.17, 15) is 0 Å². The van der Waals surface area contributed by atoms with Crippen molar-refractivity contribution in [3.05, 3.63) is 70.8 Å². The maximum absolute atomic E-state index is 2.40. The Morgan fingerprint density at radius 3 is 2.25 bits per heavy atom. The van der Waals surface area contributed by atoms with E-state index in [0.29, 0.717) is 0 Å². The Bertz CT molecular complexity index is 588. The fourth-order valence-corrected chi connectivity index (χ4v) is 3.92. The first-order chi connectivity index (χ1) is 9.72. The average molecular weight is 264 g/mol. The van der Waals surface area contributed by atoms with Gasteiger partial charge in [-0.25, -0.2) is 0 Å². The Morgan fingerprint density at radius 1 is 0.800 bits per heavy atom. The summed E-state index contributed by atoms with van der Waals surface area (Å²) in [6, 6.07) is 18.1. The monoisotopic (exact) mass is 264 g/mol. The molecule has 2 aromatic carbocycles. The van der Waals surface area contributed by atoms with Crippen LogP contribution in [0.1, 0.15) is 54.4 Å². The highest BCUT2D eigenvalue weighted by Gasteiger charge is 2.36. The zero-order valence-corrected chi connectivity index (χ0v) is 12.7. The second-order valence-electron chi connectivity index (χ2n) is 6.33. The summed E-state index contributed by atoms with van der Waals surface area (Å²) in [5.41, 5.74) is 6.13. The van der Waals surface area contributed by atoms with E-state index in [1.165, 1.54) is 48.8 Å². The van der Waals surface area contributed by atoms with Crippen molar-refractivity contribution in [1.29, 1.82) is 0 Å². The summed E-state index contributed by atoms with van der Waals surface area (Å²) >= 11 is 0. The Labute approximate surface area is 122 Å². The second-order valence-corrected chi connectivity index (χ2v) is 6.33. The number of hydrogen-bond donors (Lipinski definition) is 0. The van der Waals surface area contributed by atoms with Crippen molar-refractivity contribution in [2.24, 2.45) is 0 Å². The first kappa shape index (κ1) is 13.4. The van der Waals surface area contributed by atoms with Gasteiger partial charge < -0.3 is 0 Å². The van der Waals surface area contributed by atoms with Gasteiger partial charge in [0.2, 0.25) is 0 Å². The lowest BCUT2D eigenvalue weighted by Gasteiger charge is -2.39. The van der Waals surface area contributed by atoms with Crippen LogP contribution in [-0.2, 0) is 5.41 Å². The normalized spacial score (nSPS) is 17.9. The van der Waals surface area contributed by atoms with E-state index in [2.05, 4.69) is 62.4 Å². The standard InChI is InChI=1S/C20H24/c1-16-9-8-11-18(15-16)20(13-6-3-7-14-20)19-12-5-4-10-17(19)2/h4-5,8-12,15H,3,6-7,13-14H2,1-2H3. The fourth-order valence-electron chi connectivity index (χ4n) is 3.92. The zero-order valence-electron chi connectivity index (χ0n) is 12.7. The topological polar surface area (TPSA) is 0 Å². The van der Waals surface area contributed by atoms with Crippen molar-refractivity contribution in [1.82, 2.24) is 0 Å². The van der Waals surface area contributed by atoms with Crippen molar-refractivity contribution < 1.29 is 0 Å². The van der Waals surface area contributed by atoms with E-state index in [0.717, 1.165) is 0 Å². The van der Waals surface area contributed by atoms with Crippen molar-refractivity contribution in [2.45, 2.75) is 51.4 Å². The van der Waals surface area contributed by atoms with Crippen LogP contribution in [0.3, 0.4) is 0 Å². The number of rotatable bonds is 2. The Kier molecular flexibility index (Phi) is 3.65. The molecule has 0 aliphatic heterocycles. The molecule has 104 valence electrons. The lowest BCUT2D eigenvalue weighted by molar-refractivity contribution is 0.344. The van der Waals surface area contributed by atoms with Gasteiger partial charge in [0.1, 0.15) is 0 Å². The van der Waals surface area contributed by atoms with Gasteiger partial charge in [0, 0.05) is 5.41 Å². The van der Waals surface area contributed by atoms with Gasteiger partial charge in [-0.3, -0.25) is 0 Å². The van der Waals surface area contributed by atoms with Crippen LogP contribution in [-0.4, -0.2) is 0 Å². The predicted octanol–water partition coefficient (Wildman–Crippen LogP) is 5.55. The third-order valence-corrected chi connectivity index (χ3v) is 4.94. The average Bonchev–Trinajstić information content (AvgIpc) is 2.48. The molecular formula is C20H24. The largest absolute Gasteiger partial charge is 0.0620 e. The van der Waals surface area contributed by atoms with Gasteiger partial charge in [0.15, 0.2) is 0 Å². The Hall–Kier alpha value is -1.56. The Morgan fingerprint density at radius 2 is 1.55 bits per heavy atom. The lowest BCUT2D eigenvalue weighted by Crippen LogP contribution is -2.31. The van der Waals surface area contributed by atoms with Crippen LogP contribution in [0.4, 0.5) is 0 Å². The third kappa shape index (κ3) is 2.28. The number of hydrogen-bond acceptors (Lipinski definition) is 0. The maximum Gasteiger partial charge on any atom is 0.0205 e. The minimum Gasteiger partial charge on any atom is -0.0620 e. The molecule has 0 unspecified atom stereocenters. The maximum atomic E-state index is 2.40. The lowest BCUT2D eigenvalue weighted by atomic mass is 9.64. The fraction of sp³-hybridized carbons (Fsp3) is 0.400. The quantitative estimate of drug-likeness (QED) is 0.666. The van der Waals surface area contributed by atoms with Crippen LogP contribution in [0, 0.1) is 13.8 Å². The summed E-state index contributed by atoms with van der Waals surface area (Å²) in [5.74, 6) is 0. The molecule has 0 aromatic heterocycles. The highest BCUT2D eigenvalue weighted by Crippen LogP contribution is 2.46. The van der Waals surface area contributed by atoms with Crippen molar-refractivity contribution in [3.63, 3.8) is 0 Å². The molecule has 0 amide bonds. The molecule has 0 bridgehead atoms. The van der Waals surface area contributed by atoms with Crippen LogP contribution in [0.15, 0.2) is 48.5 Å². The van der Waals surface area contributed by atoms with Crippen molar-refractivity contribution >= 4 is 0 Å². The number of aryl methyl sites for hydroxylation is 2. The van der Waals surface area contributed by atoms with Crippen LogP contribution >= 0.6 is 0 Å². The first-order valence-corrected chi connectivity index (χ1v) is 7.86. The Balaban J connectivity index is 2.17. The summed E-state index contributed by atoms with van der Waals surface area (Å²) in [5, 5.41) is 0.